The van der Waals surface area contributed by atoms with Crippen LogP contribution in [-0.2, 0) is 17.9 Å². The van der Waals surface area contributed by atoms with E-state index >= 15 is 0 Å². The van der Waals surface area contributed by atoms with E-state index in [2.05, 4.69) is 4.74 Å². The van der Waals surface area contributed by atoms with Gasteiger partial charge in [0.15, 0.2) is 0 Å². The second-order valence-corrected chi connectivity index (χ2v) is 6.14. The zero-order valence-corrected chi connectivity index (χ0v) is 14.6. The lowest BCUT2D eigenvalue weighted by Gasteiger charge is -2.22. The zero-order valence-electron chi connectivity index (χ0n) is 14.6. The van der Waals surface area contributed by atoms with Crippen molar-refractivity contribution in [2.24, 2.45) is 0 Å². The number of rotatable bonds is 8. The van der Waals surface area contributed by atoms with E-state index in [1.807, 2.05) is 6.92 Å². The van der Waals surface area contributed by atoms with Gasteiger partial charge in [0.25, 0.3) is 0 Å². The fraction of sp³-hybridized carbons (Fsp3) is 0.316. The Morgan fingerprint density at radius 2 is 1.89 bits per heavy atom. The van der Waals surface area contributed by atoms with Gasteiger partial charge in [-0.2, -0.15) is 0 Å². The van der Waals surface area contributed by atoms with Crippen molar-refractivity contribution in [3.63, 3.8) is 0 Å². The van der Waals surface area contributed by atoms with E-state index in [1.165, 1.54) is 24.3 Å². The first-order valence-corrected chi connectivity index (χ1v) is 8.16. The first kappa shape index (κ1) is 20.7. The SMILES string of the molecule is Cc1ccc(F)c(CN(CCC(=O)O)Cc2cccc(OC(F)(F)F)c2)c1. The van der Waals surface area contributed by atoms with Crippen LogP contribution in [0.3, 0.4) is 0 Å². The Labute approximate surface area is 154 Å². The number of carboxylic acids is 1. The Balaban J connectivity index is 2.18. The van der Waals surface area contributed by atoms with Crippen LogP contribution in [0.15, 0.2) is 42.5 Å². The topological polar surface area (TPSA) is 49.8 Å². The highest BCUT2D eigenvalue weighted by molar-refractivity contribution is 5.66. The summed E-state index contributed by atoms with van der Waals surface area (Å²) in [5, 5.41) is 8.92. The second kappa shape index (κ2) is 8.85. The average Bonchev–Trinajstić information content (AvgIpc) is 2.54. The van der Waals surface area contributed by atoms with Crippen LogP contribution in [0.4, 0.5) is 17.6 Å². The number of hydrogen-bond donors (Lipinski definition) is 1. The molecule has 0 fully saturated rings. The molecule has 0 bridgehead atoms. The molecule has 2 aromatic carbocycles. The van der Waals surface area contributed by atoms with Crippen LogP contribution in [0.25, 0.3) is 0 Å². The Hall–Kier alpha value is -2.61. The fourth-order valence-corrected chi connectivity index (χ4v) is 2.63. The molecule has 0 saturated heterocycles. The van der Waals surface area contributed by atoms with Crippen molar-refractivity contribution in [2.45, 2.75) is 32.8 Å². The molecule has 0 spiro atoms. The Bertz CT molecular complexity index is 793. The molecular weight excluding hydrogens is 366 g/mol. The molecule has 27 heavy (non-hydrogen) atoms. The van der Waals surface area contributed by atoms with Gasteiger partial charge in [0.05, 0.1) is 6.42 Å². The third-order valence-electron chi connectivity index (χ3n) is 3.78. The number of hydrogen-bond acceptors (Lipinski definition) is 3. The molecule has 4 nitrogen and oxygen atoms in total. The molecule has 1 N–H and O–H groups in total. The Morgan fingerprint density at radius 1 is 1.15 bits per heavy atom. The number of carbonyl (C=O) groups is 1. The lowest BCUT2D eigenvalue weighted by atomic mass is 10.1. The summed E-state index contributed by atoms with van der Waals surface area (Å²) < 4.78 is 55.1. The van der Waals surface area contributed by atoms with Gasteiger partial charge in [-0.25, -0.2) is 4.39 Å². The van der Waals surface area contributed by atoms with E-state index in [4.69, 9.17) is 5.11 Å². The molecule has 0 atom stereocenters. The first-order chi connectivity index (χ1) is 12.6. The second-order valence-electron chi connectivity index (χ2n) is 6.14. The van der Waals surface area contributed by atoms with Crippen LogP contribution in [0.5, 0.6) is 5.75 Å². The van der Waals surface area contributed by atoms with Crippen molar-refractivity contribution in [1.82, 2.24) is 4.90 Å². The van der Waals surface area contributed by atoms with Gasteiger partial charge in [-0.05, 0) is 30.7 Å². The molecule has 0 aromatic heterocycles. The number of nitrogens with zero attached hydrogens (tertiary/aromatic N) is 1. The van der Waals surface area contributed by atoms with Crippen LogP contribution in [0.1, 0.15) is 23.1 Å². The molecule has 0 radical (unpaired) electrons. The van der Waals surface area contributed by atoms with E-state index < -0.39 is 18.1 Å². The molecule has 2 rings (SSSR count). The summed E-state index contributed by atoms with van der Waals surface area (Å²) in [6.45, 7) is 2.20. The van der Waals surface area contributed by atoms with Crippen LogP contribution < -0.4 is 4.74 Å². The van der Waals surface area contributed by atoms with Gasteiger partial charge in [0.1, 0.15) is 11.6 Å². The van der Waals surface area contributed by atoms with E-state index in [1.54, 1.807) is 23.1 Å². The number of ether oxygens (including phenoxy) is 1. The number of alkyl halides is 3. The summed E-state index contributed by atoms with van der Waals surface area (Å²) in [5.74, 6) is -1.80. The van der Waals surface area contributed by atoms with Crippen LogP contribution in [0.2, 0.25) is 0 Å². The maximum atomic E-state index is 14.0. The minimum atomic E-state index is -4.80. The molecule has 8 heteroatoms. The van der Waals surface area contributed by atoms with Gasteiger partial charge < -0.3 is 9.84 Å². The predicted molar refractivity (Wildman–Crippen MR) is 90.6 cm³/mol. The molecule has 146 valence electrons. The van der Waals surface area contributed by atoms with Crippen molar-refractivity contribution in [3.8, 4) is 5.75 Å². The van der Waals surface area contributed by atoms with Gasteiger partial charge in [-0.1, -0.05) is 29.8 Å². The highest BCUT2D eigenvalue weighted by atomic mass is 19.4. The summed E-state index contributed by atoms with van der Waals surface area (Å²) in [6.07, 6.45) is -4.97. The normalized spacial score (nSPS) is 11.6. The van der Waals surface area contributed by atoms with Crippen LogP contribution in [-0.4, -0.2) is 28.9 Å². The monoisotopic (exact) mass is 385 g/mol. The largest absolute Gasteiger partial charge is 0.573 e. The predicted octanol–water partition coefficient (Wildman–Crippen LogP) is 4.51. The van der Waals surface area contributed by atoms with Crippen molar-refractivity contribution in [1.29, 1.82) is 0 Å². The number of aryl methyl sites for hydroxylation is 1. The maximum absolute atomic E-state index is 14.0. The number of carboxylic acid groups (broad SMARTS) is 1. The van der Waals surface area contributed by atoms with Crippen LogP contribution >= 0.6 is 0 Å². The summed E-state index contributed by atoms with van der Waals surface area (Å²) in [5.41, 5.74) is 1.74. The molecule has 0 aliphatic heterocycles. The standard InChI is InChI=1S/C19H19F4NO3/c1-13-5-6-17(20)15(9-13)12-24(8-7-18(25)26)11-14-3-2-4-16(10-14)27-19(21,22)23/h2-6,9-10H,7-8,11-12H2,1H3,(H,25,26). The summed E-state index contributed by atoms with van der Waals surface area (Å²) in [6, 6.07) is 10.0. The Kier molecular flexibility index (Phi) is 6.79. The van der Waals surface area contributed by atoms with Gasteiger partial charge in [-0.3, -0.25) is 9.69 Å². The number of aliphatic carboxylic acids is 1. The Morgan fingerprint density at radius 3 is 2.56 bits per heavy atom. The van der Waals surface area contributed by atoms with Crippen molar-refractivity contribution < 1.29 is 32.2 Å². The van der Waals surface area contributed by atoms with Crippen molar-refractivity contribution in [3.05, 3.63) is 65.0 Å². The zero-order chi connectivity index (χ0) is 20.0. The molecule has 0 heterocycles. The van der Waals surface area contributed by atoms with Gasteiger partial charge >= 0.3 is 12.3 Å². The lowest BCUT2D eigenvalue weighted by Crippen LogP contribution is -2.26. The van der Waals surface area contributed by atoms with Gasteiger partial charge in [0, 0.05) is 25.2 Å². The lowest BCUT2D eigenvalue weighted by molar-refractivity contribution is -0.274. The quantitative estimate of drug-likeness (QED) is 0.680. The molecule has 0 amide bonds. The molecule has 0 saturated carbocycles. The minimum absolute atomic E-state index is 0.118. The van der Waals surface area contributed by atoms with E-state index in [0.29, 0.717) is 11.1 Å². The maximum Gasteiger partial charge on any atom is 0.573 e. The average molecular weight is 385 g/mol. The molecule has 2 aromatic rings. The van der Waals surface area contributed by atoms with E-state index in [9.17, 15) is 22.4 Å². The van der Waals surface area contributed by atoms with E-state index in [-0.39, 0.29) is 31.8 Å². The van der Waals surface area contributed by atoms with Gasteiger partial charge in [-0.15, -0.1) is 13.2 Å². The highest BCUT2D eigenvalue weighted by Gasteiger charge is 2.31. The third kappa shape index (κ3) is 7.26. The first-order valence-electron chi connectivity index (χ1n) is 8.16. The summed E-state index contributed by atoms with van der Waals surface area (Å²) in [7, 11) is 0. The molecule has 0 aliphatic carbocycles. The number of benzene rings is 2. The van der Waals surface area contributed by atoms with Crippen molar-refractivity contribution in [2.75, 3.05) is 6.54 Å². The summed E-state index contributed by atoms with van der Waals surface area (Å²) >= 11 is 0. The fourth-order valence-electron chi connectivity index (χ4n) is 2.63. The minimum Gasteiger partial charge on any atom is -0.481 e. The summed E-state index contributed by atoms with van der Waals surface area (Å²) in [4.78, 5) is 12.6. The molecular formula is C19H19F4NO3. The third-order valence-corrected chi connectivity index (χ3v) is 3.78. The van der Waals surface area contributed by atoms with E-state index in [0.717, 1.165) is 5.56 Å². The molecule has 0 unspecified atom stereocenters. The van der Waals surface area contributed by atoms with Gasteiger partial charge in [0.2, 0.25) is 0 Å². The number of halogens is 4. The van der Waals surface area contributed by atoms with Crippen LogP contribution in [0, 0.1) is 12.7 Å². The van der Waals surface area contributed by atoms with Crippen molar-refractivity contribution >= 4 is 5.97 Å². The molecule has 0 aliphatic rings. The smallest absolute Gasteiger partial charge is 0.481 e. The highest BCUT2D eigenvalue weighted by Crippen LogP contribution is 2.24.